The van der Waals surface area contributed by atoms with E-state index in [4.69, 9.17) is 21.4 Å². The molecule has 6 heteroatoms. The number of ether oxygens (including phenoxy) is 1. The van der Waals surface area contributed by atoms with Crippen LogP contribution in [0, 0.1) is 6.92 Å². The highest BCUT2D eigenvalue weighted by Crippen LogP contribution is 2.28. The van der Waals surface area contributed by atoms with Gasteiger partial charge < -0.3 is 9.84 Å². The number of aryl methyl sites for hydroxylation is 2. The second kappa shape index (κ2) is 5.94. The van der Waals surface area contributed by atoms with Crippen molar-refractivity contribution in [2.45, 2.75) is 20.1 Å². The number of hydrogen-bond donors (Lipinski definition) is 1. The molecule has 0 fully saturated rings. The van der Waals surface area contributed by atoms with Crippen molar-refractivity contribution < 1.29 is 9.84 Å². The van der Waals surface area contributed by atoms with Crippen molar-refractivity contribution in [2.24, 2.45) is 7.05 Å². The molecule has 1 heterocycles. The van der Waals surface area contributed by atoms with E-state index in [1.165, 1.54) is 0 Å². The van der Waals surface area contributed by atoms with Gasteiger partial charge in [-0.1, -0.05) is 17.7 Å². The minimum absolute atomic E-state index is 0.00637. The van der Waals surface area contributed by atoms with Crippen molar-refractivity contribution in [1.29, 1.82) is 0 Å². The third kappa shape index (κ3) is 3.11. The molecule has 2 rings (SSSR count). The minimum Gasteiger partial charge on any atom is -0.488 e. The van der Waals surface area contributed by atoms with Crippen molar-refractivity contribution in [3.8, 4) is 5.75 Å². The molecule has 4 nitrogen and oxygen atoms in total. The molecule has 0 atom stereocenters. The van der Waals surface area contributed by atoms with Gasteiger partial charge in [0.2, 0.25) is 0 Å². The number of aromatic nitrogens is 2. The van der Waals surface area contributed by atoms with Crippen LogP contribution >= 0.6 is 27.5 Å². The molecule has 19 heavy (non-hydrogen) atoms. The molecule has 1 aromatic heterocycles. The van der Waals surface area contributed by atoms with Gasteiger partial charge in [-0.3, -0.25) is 4.68 Å². The van der Waals surface area contributed by atoms with Gasteiger partial charge >= 0.3 is 0 Å². The number of hydrogen-bond acceptors (Lipinski definition) is 3. The molecule has 2 aromatic rings. The largest absolute Gasteiger partial charge is 0.488 e. The predicted octanol–water partition coefficient (Wildman–Crippen LogP) is 3.22. The van der Waals surface area contributed by atoms with E-state index in [9.17, 15) is 0 Å². The summed E-state index contributed by atoms with van der Waals surface area (Å²) < 4.78 is 8.16. The van der Waals surface area contributed by atoms with E-state index in [1.807, 2.05) is 25.1 Å². The predicted molar refractivity (Wildman–Crippen MR) is 77.4 cm³/mol. The van der Waals surface area contributed by atoms with Crippen LogP contribution < -0.4 is 4.74 Å². The summed E-state index contributed by atoms with van der Waals surface area (Å²) in [7, 11) is 1.80. The lowest BCUT2D eigenvalue weighted by atomic mass is 10.2. The summed E-state index contributed by atoms with van der Waals surface area (Å²) in [5, 5.41) is 13.9. The molecule has 0 bridgehead atoms. The van der Waals surface area contributed by atoms with Gasteiger partial charge in [-0.15, -0.1) is 0 Å². The Morgan fingerprint density at radius 2 is 2.21 bits per heavy atom. The Morgan fingerprint density at radius 3 is 2.74 bits per heavy atom. The summed E-state index contributed by atoms with van der Waals surface area (Å²) in [5.41, 5.74) is 2.56. The zero-order chi connectivity index (χ0) is 14.0. The summed E-state index contributed by atoms with van der Waals surface area (Å²) in [4.78, 5) is 0. The molecule has 0 saturated heterocycles. The second-order valence-electron chi connectivity index (χ2n) is 4.19. The Morgan fingerprint density at radius 1 is 1.47 bits per heavy atom. The van der Waals surface area contributed by atoms with E-state index < -0.39 is 0 Å². The van der Waals surface area contributed by atoms with Gasteiger partial charge in [0.1, 0.15) is 17.5 Å². The van der Waals surface area contributed by atoms with Crippen LogP contribution in [0.1, 0.15) is 16.8 Å². The molecule has 0 amide bonds. The van der Waals surface area contributed by atoms with Crippen LogP contribution in [-0.2, 0) is 20.3 Å². The van der Waals surface area contributed by atoms with E-state index in [-0.39, 0.29) is 6.61 Å². The van der Waals surface area contributed by atoms with Gasteiger partial charge in [0.25, 0.3) is 0 Å². The van der Waals surface area contributed by atoms with Crippen molar-refractivity contribution in [2.75, 3.05) is 0 Å². The maximum atomic E-state index is 9.05. The van der Waals surface area contributed by atoms with Gasteiger partial charge in [0.15, 0.2) is 0 Å². The molecular weight excluding hydrogens is 332 g/mol. The Kier molecular flexibility index (Phi) is 4.50. The number of benzene rings is 1. The monoisotopic (exact) mass is 344 g/mol. The topological polar surface area (TPSA) is 47.3 Å². The lowest BCUT2D eigenvalue weighted by Gasteiger charge is -2.09. The van der Waals surface area contributed by atoms with Gasteiger partial charge in [-0.2, -0.15) is 5.10 Å². The number of rotatable bonds is 4. The van der Waals surface area contributed by atoms with Crippen LogP contribution in [0.4, 0.5) is 0 Å². The van der Waals surface area contributed by atoms with Crippen molar-refractivity contribution >= 4 is 27.5 Å². The standard InChI is InChI=1S/C13H14BrClN2O2/c1-8-10(13(15)17(2)16-8)7-19-12-4-3-9(6-18)5-11(12)14/h3-5,18H,6-7H2,1-2H3. The fraction of sp³-hybridized carbons (Fsp3) is 0.308. The normalized spacial score (nSPS) is 10.8. The number of aliphatic hydroxyl groups excluding tert-OH is 1. The molecule has 0 radical (unpaired) electrons. The molecule has 1 aromatic carbocycles. The highest BCUT2D eigenvalue weighted by atomic mass is 79.9. The van der Waals surface area contributed by atoms with Gasteiger partial charge in [-0.05, 0) is 40.5 Å². The Balaban J connectivity index is 2.14. The fourth-order valence-corrected chi connectivity index (χ4v) is 2.52. The van der Waals surface area contributed by atoms with Crippen LogP contribution in [0.25, 0.3) is 0 Å². The molecule has 0 aliphatic heterocycles. The highest BCUT2D eigenvalue weighted by molar-refractivity contribution is 9.10. The first-order valence-electron chi connectivity index (χ1n) is 5.73. The van der Waals surface area contributed by atoms with E-state index >= 15 is 0 Å². The Labute approximate surface area is 125 Å². The molecule has 1 N–H and O–H groups in total. The molecule has 0 unspecified atom stereocenters. The first-order chi connectivity index (χ1) is 9.02. The van der Waals surface area contributed by atoms with Crippen LogP contribution in [0.15, 0.2) is 22.7 Å². The molecular formula is C13H14BrClN2O2. The summed E-state index contributed by atoms with van der Waals surface area (Å²) in [6.45, 7) is 2.26. The Hall–Kier alpha value is -1.04. The summed E-state index contributed by atoms with van der Waals surface area (Å²) >= 11 is 9.56. The maximum Gasteiger partial charge on any atom is 0.134 e. The Bertz CT molecular complexity index is 599. The maximum absolute atomic E-state index is 9.05. The SMILES string of the molecule is Cc1nn(C)c(Cl)c1COc1ccc(CO)cc1Br. The van der Waals surface area contributed by atoms with Gasteiger partial charge in [-0.25, -0.2) is 0 Å². The number of aliphatic hydroxyl groups is 1. The van der Waals surface area contributed by atoms with Crippen LogP contribution in [-0.4, -0.2) is 14.9 Å². The minimum atomic E-state index is 0.00637. The third-order valence-corrected chi connectivity index (χ3v) is 3.91. The number of halogens is 2. The smallest absolute Gasteiger partial charge is 0.134 e. The first-order valence-corrected chi connectivity index (χ1v) is 6.90. The zero-order valence-corrected chi connectivity index (χ0v) is 13.0. The van der Waals surface area contributed by atoms with Crippen molar-refractivity contribution in [3.05, 3.63) is 44.6 Å². The number of nitrogens with zero attached hydrogens (tertiary/aromatic N) is 2. The van der Waals surface area contributed by atoms with E-state index in [2.05, 4.69) is 21.0 Å². The van der Waals surface area contributed by atoms with Crippen molar-refractivity contribution in [3.63, 3.8) is 0 Å². The van der Waals surface area contributed by atoms with Crippen molar-refractivity contribution in [1.82, 2.24) is 9.78 Å². The molecule has 0 aliphatic rings. The molecule has 0 saturated carbocycles. The van der Waals surface area contributed by atoms with E-state index in [0.29, 0.717) is 17.5 Å². The highest BCUT2D eigenvalue weighted by Gasteiger charge is 2.12. The summed E-state index contributed by atoms with van der Waals surface area (Å²) in [6, 6.07) is 5.46. The second-order valence-corrected chi connectivity index (χ2v) is 5.40. The first kappa shape index (κ1) is 14.4. The average molecular weight is 346 g/mol. The lowest BCUT2D eigenvalue weighted by molar-refractivity contribution is 0.280. The van der Waals surface area contributed by atoms with E-state index in [1.54, 1.807) is 11.7 Å². The van der Waals surface area contributed by atoms with Crippen LogP contribution in [0.5, 0.6) is 5.75 Å². The fourth-order valence-electron chi connectivity index (χ4n) is 1.75. The molecule has 0 aliphatic carbocycles. The van der Waals surface area contributed by atoms with Gasteiger partial charge in [0, 0.05) is 12.6 Å². The van der Waals surface area contributed by atoms with Crippen LogP contribution in [0.3, 0.4) is 0 Å². The van der Waals surface area contributed by atoms with Crippen LogP contribution in [0.2, 0.25) is 5.15 Å². The zero-order valence-electron chi connectivity index (χ0n) is 10.7. The molecule has 0 spiro atoms. The summed E-state index contributed by atoms with van der Waals surface area (Å²) in [6.07, 6.45) is 0. The third-order valence-electron chi connectivity index (χ3n) is 2.82. The van der Waals surface area contributed by atoms with E-state index in [0.717, 1.165) is 21.3 Å². The molecule has 102 valence electrons. The summed E-state index contributed by atoms with van der Waals surface area (Å²) in [5.74, 6) is 0.705. The quantitative estimate of drug-likeness (QED) is 0.925. The average Bonchev–Trinajstić information content (AvgIpc) is 2.62. The van der Waals surface area contributed by atoms with Gasteiger partial charge in [0.05, 0.1) is 16.8 Å². The lowest BCUT2D eigenvalue weighted by Crippen LogP contribution is -1.98.